The Morgan fingerprint density at radius 2 is 1.50 bits per heavy atom. The molecule has 2 aromatic carbocycles. The molecule has 2 aromatic rings. The predicted molar refractivity (Wildman–Crippen MR) is 93.9 cm³/mol. The summed E-state index contributed by atoms with van der Waals surface area (Å²) < 4.78 is 0. The Balaban J connectivity index is 2.09. The van der Waals surface area contributed by atoms with E-state index in [1.54, 1.807) is 18.2 Å². The molecule has 24 heavy (non-hydrogen) atoms. The highest BCUT2D eigenvalue weighted by Crippen LogP contribution is 2.34. The zero-order valence-corrected chi connectivity index (χ0v) is 14.2. The van der Waals surface area contributed by atoms with E-state index in [2.05, 4.69) is 0 Å². The number of carbonyl (C=O) groups is 2. The number of hydrogen-bond donors (Lipinski definition) is 1. The Labute approximate surface area is 141 Å². The summed E-state index contributed by atoms with van der Waals surface area (Å²) in [6.07, 6.45) is 0. The Morgan fingerprint density at radius 3 is 2.12 bits per heavy atom. The van der Waals surface area contributed by atoms with Gasteiger partial charge >= 0.3 is 5.91 Å². The first-order valence-corrected chi connectivity index (χ1v) is 7.78. The van der Waals surface area contributed by atoms with Gasteiger partial charge in [0.25, 0.3) is 5.91 Å². The first-order valence-electron chi connectivity index (χ1n) is 7.78. The van der Waals surface area contributed by atoms with E-state index in [1.165, 1.54) is 0 Å². The van der Waals surface area contributed by atoms with E-state index in [4.69, 9.17) is 0 Å². The number of aryl methyl sites for hydroxylation is 4. The van der Waals surface area contributed by atoms with Gasteiger partial charge in [-0.25, -0.2) is 4.90 Å². The largest absolute Gasteiger partial charge is 0.502 e. The highest BCUT2D eigenvalue weighted by molar-refractivity contribution is 6.45. The normalized spacial score (nSPS) is 14.8. The van der Waals surface area contributed by atoms with Gasteiger partial charge in [0.1, 0.15) is 0 Å². The van der Waals surface area contributed by atoms with Crippen molar-refractivity contribution in [3.05, 3.63) is 70.0 Å². The third-order valence-electron chi connectivity index (χ3n) is 4.46. The number of benzene rings is 2. The summed E-state index contributed by atoms with van der Waals surface area (Å²) in [6, 6.07) is 10.9. The monoisotopic (exact) mass is 321 g/mol. The molecule has 0 unspecified atom stereocenters. The number of aliphatic hydroxyl groups excluding tert-OH is 1. The lowest BCUT2D eigenvalue weighted by atomic mass is 9.98. The molecule has 0 aliphatic carbocycles. The summed E-state index contributed by atoms with van der Waals surface area (Å²) in [7, 11) is 0. The van der Waals surface area contributed by atoms with Crippen molar-refractivity contribution in [3.63, 3.8) is 0 Å². The molecule has 0 radical (unpaired) electrons. The molecule has 1 heterocycles. The van der Waals surface area contributed by atoms with Crippen molar-refractivity contribution in [2.75, 3.05) is 4.90 Å². The molecule has 4 heteroatoms. The van der Waals surface area contributed by atoms with Crippen LogP contribution >= 0.6 is 0 Å². The molecule has 4 nitrogen and oxygen atoms in total. The van der Waals surface area contributed by atoms with Crippen molar-refractivity contribution >= 4 is 23.1 Å². The standard InChI is InChI=1S/C20H19NO3/c1-11-5-8-16(14(4)9-11)17-18(22)20(24)21(19(17)23)15-7-6-12(2)13(3)10-15/h5-10,22H,1-4H3. The van der Waals surface area contributed by atoms with Crippen molar-refractivity contribution in [2.24, 2.45) is 0 Å². The van der Waals surface area contributed by atoms with Gasteiger partial charge in [0.05, 0.1) is 11.3 Å². The summed E-state index contributed by atoms with van der Waals surface area (Å²) in [6.45, 7) is 7.69. The minimum absolute atomic E-state index is 0.0655. The van der Waals surface area contributed by atoms with Crippen molar-refractivity contribution in [1.82, 2.24) is 0 Å². The second kappa shape index (κ2) is 5.64. The average Bonchev–Trinajstić information content (AvgIpc) is 2.73. The van der Waals surface area contributed by atoms with Gasteiger partial charge in [-0.1, -0.05) is 29.8 Å². The van der Waals surface area contributed by atoms with Gasteiger partial charge in [-0.05, 0) is 62.1 Å². The molecule has 0 bridgehead atoms. The van der Waals surface area contributed by atoms with Crippen LogP contribution in [0.15, 0.2) is 42.2 Å². The number of rotatable bonds is 2. The summed E-state index contributed by atoms with van der Waals surface area (Å²) in [4.78, 5) is 26.4. The number of nitrogens with zero attached hydrogens (tertiary/aromatic N) is 1. The molecule has 1 N–H and O–H groups in total. The number of anilines is 1. The Morgan fingerprint density at radius 1 is 0.792 bits per heavy atom. The van der Waals surface area contributed by atoms with Crippen LogP contribution in [0.25, 0.3) is 5.57 Å². The summed E-state index contributed by atoms with van der Waals surface area (Å²) in [5.74, 6) is -1.67. The predicted octanol–water partition coefficient (Wildman–Crippen LogP) is 3.76. The van der Waals surface area contributed by atoms with Gasteiger partial charge in [0.2, 0.25) is 0 Å². The maximum absolute atomic E-state index is 12.8. The smallest absolute Gasteiger partial charge is 0.301 e. The van der Waals surface area contributed by atoms with Gasteiger partial charge < -0.3 is 5.11 Å². The summed E-state index contributed by atoms with van der Waals surface area (Å²) in [5, 5.41) is 10.3. The van der Waals surface area contributed by atoms with Crippen LogP contribution in [0.2, 0.25) is 0 Å². The second-order valence-electron chi connectivity index (χ2n) is 6.26. The number of amides is 2. The fourth-order valence-electron chi connectivity index (χ4n) is 2.95. The molecule has 122 valence electrons. The average molecular weight is 321 g/mol. The fourth-order valence-corrected chi connectivity index (χ4v) is 2.95. The molecule has 0 fully saturated rings. The third kappa shape index (κ3) is 2.40. The molecular weight excluding hydrogens is 302 g/mol. The van der Waals surface area contributed by atoms with Gasteiger partial charge in [0.15, 0.2) is 5.76 Å². The summed E-state index contributed by atoms with van der Waals surface area (Å²) >= 11 is 0. The third-order valence-corrected chi connectivity index (χ3v) is 4.46. The number of imide groups is 1. The van der Waals surface area contributed by atoms with Gasteiger partial charge in [-0.3, -0.25) is 9.59 Å². The molecule has 0 spiro atoms. The molecule has 1 aliphatic rings. The van der Waals surface area contributed by atoms with Crippen LogP contribution in [0.4, 0.5) is 5.69 Å². The molecule has 3 rings (SSSR count). The lowest BCUT2D eigenvalue weighted by Crippen LogP contribution is -2.31. The van der Waals surface area contributed by atoms with Crippen molar-refractivity contribution in [1.29, 1.82) is 0 Å². The van der Waals surface area contributed by atoms with Crippen LogP contribution in [0.3, 0.4) is 0 Å². The molecular formula is C20H19NO3. The molecule has 1 aliphatic heterocycles. The van der Waals surface area contributed by atoms with Gasteiger partial charge in [0, 0.05) is 0 Å². The van der Waals surface area contributed by atoms with Crippen LogP contribution in [-0.4, -0.2) is 16.9 Å². The molecule has 0 saturated heterocycles. The van der Waals surface area contributed by atoms with Crippen LogP contribution in [0.1, 0.15) is 27.8 Å². The fraction of sp³-hybridized carbons (Fsp3) is 0.200. The molecule has 0 aromatic heterocycles. The number of hydrogen-bond acceptors (Lipinski definition) is 3. The van der Waals surface area contributed by atoms with E-state index < -0.39 is 17.6 Å². The first kappa shape index (κ1) is 16.0. The quantitative estimate of drug-likeness (QED) is 0.857. The van der Waals surface area contributed by atoms with E-state index in [1.807, 2.05) is 45.9 Å². The minimum Gasteiger partial charge on any atom is -0.502 e. The van der Waals surface area contributed by atoms with E-state index in [9.17, 15) is 14.7 Å². The van der Waals surface area contributed by atoms with Crippen LogP contribution < -0.4 is 4.90 Å². The Hall–Kier alpha value is -2.88. The minimum atomic E-state index is -0.682. The number of carbonyl (C=O) groups excluding carboxylic acids is 2. The van der Waals surface area contributed by atoms with Crippen LogP contribution in [-0.2, 0) is 9.59 Å². The van der Waals surface area contributed by atoms with Crippen LogP contribution in [0, 0.1) is 27.7 Å². The number of aliphatic hydroxyl groups is 1. The highest BCUT2D eigenvalue weighted by atomic mass is 16.3. The Bertz CT molecular complexity index is 909. The van der Waals surface area contributed by atoms with Gasteiger partial charge in [-0.2, -0.15) is 0 Å². The van der Waals surface area contributed by atoms with Crippen molar-refractivity contribution in [2.45, 2.75) is 27.7 Å². The van der Waals surface area contributed by atoms with E-state index in [0.29, 0.717) is 11.3 Å². The summed E-state index contributed by atoms with van der Waals surface area (Å²) in [5.41, 5.74) is 5.08. The van der Waals surface area contributed by atoms with Gasteiger partial charge in [-0.15, -0.1) is 0 Å². The molecule has 2 amide bonds. The van der Waals surface area contributed by atoms with E-state index >= 15 is 0 Å². The first-order chi connectivity index (χ1) is 11.3. The van der Waals surface area contributed by atoms with Crippen molar-refractivity contribution < 1.29 is 14.7 Å². The lowest BCUT2D eigenvalue weighted by Gasteiger charge is -2.16. The maximum Gasteiger partial charge on any atom is 0.301 e. The van der Waals surface area contributed by atoms with Crippen molar-refractivity contribution in [3.8, 4) is 0 Å². The molecule has 0 atom stereocenters. The zero-order valence-electron chi connectivity index (χ0n) is 14.2. The maximum atomic E-state index is 12.8. The zero-order chi connectivity index (χ0) is 17.6. The lowest BCUT2D eigenvalue weighted by molar-refractivity contribution is -0.121. The Kier molecular flexibility index (Phi) is 3.76. The second-order valence-corrected chi connectivity index (χ2v) is 6.26. The van der Waals surface area contributed by atoms with E-state index in [-0.39, 0.29) is 5.57 Å². The highest BCUT2D eigenvalue weighted by Gasteiger charge is 2.40. The van der Waals surface area contributed by atoms with Crippen LogP contribution in [0.5, 0.6) is 0 Å². The SMILES string of the molecule is Cc1ccc(C2=C(O)C(=O)N(c3ccc(C)c(C)c3)C2=O)c(C)c1. The molecule has 0 saturated carbocycles. The van der Waals surface area contributed by atoms with E-state index in [0.717, 1.165) is 27.2 Å². The topological polar surface area (TPSA) is 57.6 Å².